The van der Waals surface area contributed by atoms with Gasteiger partial charge in [-0.25, -0.2) is 0 Å². The van der Waals surface area contributed by atoms with Crippen molar-refractivity contribution in [3.8, 4) is 5.75 Å². The van der Waals surface area contributed by atoms with E-state index in [0.717, 1.165) is 18.7 Å². The van der Waals surface area contributed by atoms with Gasteiger partial charge in [-0.05, 0) is 79.7 Å². The molecule has 3 heteroatoms. The molecule has 1 aliphatic heterocycles. The highest BCUT2D eigenvalue weighted by Gasteiger charge is 2.38. The molecule has 2 saturated carbocycles. The lowest BCUT2D eigenvalue weighted by Crippen LogP contribution is -2.34. The first-order chi connectivity index (χ1) is 12.2. The van der Waals surface area contributed by atoms with Gasteiger partial charge in [-0.3, -0.25) is 4.79 Å². The highest BCUT2D eigenvalue weighted by molar-refractivity contribution is 5.87. The normalized spacial score (nSPS) is 22.6. The molecule has 0 N–H and O–H groups in total. The largest absolute Gasteiger partial charge is 0.490 e. The molecule has 0 saturated heterocycles. The molecule has 3 nitrogen and oxygen atoms in total. The van der Waals surface area contributed by atoms with Gasteiger partial charge < -0.3 is 9.64 Å². The second kappa shape index (κ2) is 6.86. The van der Waals surface area contributed by atoms with E-state index in [1.807, 2.05) is 4.90 Å². The van der Waals surface area contributed by atoms with Crippen molar-refractivity contribution >= 4 is 5.91 Å². The van der Waals surface area contributed by atoms with Crippen molar-refractivity contribution in [1.29, 1.82) is 0 Å². The van der Waals surface area contributed by atoms with Crippen LogP contribution in [0.3, 0.4) is 0 Å². The van der Waals surface area contributed by atoms with E-state index in [-0.39, 0.29) is 5.91 Å². The van der Waals surface area contributed by atoms with Gasteiger partial charge >= 0.3 is 0 Å². The zero-order valence-corrected chi connectivity index (χ0v) is 15.1. The van der Waals surface area contributed by atoms with Gasteiger partial charge in [0.1, 0.15) is 5.75 Å². The first-order valence-electron chi connectivity index (χ1n) is 9.87. The van der Waals surface area contributed by atoms with Crippen LogP contribution in [0, 0.1) is 5.41 Å². The number of carbonyl (C=O) groups excluding carboxylic acids is 1. The quantitative estimate of drug-likeness (QED) is 0.751. The van der Waals surface area contributed by atoms with E-state index in [9.17, 15) is 4.79 Å². The number of benzene rings is 1. The van der Waals surface area contributed by atoms with E-state index in [1.165, 1.54) is 68.6 Å². The van der Waals surface area contributed by atoms with Gasteiger partial charge in [0, 0.05) is 13.1 Å². The van der Waals surface area contributed by atoms with E-state index in [4.69, 9.17) is 4.74 Å². The Morgan fingerprint density at radius 1 is 1.16 bits per heavy atom. The number of carbonyl (C=O) groups is 1. The van der Waals surface area contributed by atoms with E-state index in [0.29, 0.717) is 18.1 Å². The Bertz CT molecular complexity index is 650. The zero-order chi connectivity index (χ0) is 17.3. The maximum atomic E-state index is 11.9. The lowest BCUT2D eigenvalue weighted by atomic mass is 9.72. The summed E-state index contributed by atoms with van der Waals surface area (Å²) < 4.78 is 6.32. The van der Waals surface area contributed by atoms with Crippen molar-refractivity contribution in [2.24, 2.45) is 5.41 Å². The molecule has 0 bridgehead atoms. The smallest absolute Gasteiger partial charge is 0.246 e. The molecule has 2 fully saturated rings. The summed E-state index contributed by atoms with van der Waals surface area (Å²) in [6.07, 6.45) is 13.5. The van der Waals surface area contributed by atoms with E-state index >= 15 is 0 Å². The Morgan fingerprint density at radius 2 is 1.92 bits per heavy atom. The number of fused-ring (bicyclic) bond motifs is 1. The van der Waals surface area contributed by atoms with E-state index < -0.39 is 0 Å². The van der Waals surface area contributed by atoms with E-state index in [2.05, 4.69) is 24.8 Å². The Balaban J connectivity index is 1.39. The molecule has 0 unspecified atom stereocenters. The zero-order valence-electron chi connectivity index (χ0n) is 15.1. The van der Waals surface area contributed by atoms with Crippen LogP contribution in [0.5, 0.6) is 5.75 Å². The first-order valence-corrected chi connectivity index (χ1v) is 9.87. The van der Waals surface area contributed by atoms with Crippen LogP contribution in [-0.4, -0.2) is 23.5 Å². The summed E-state index contributed by atoms with van der Waals surface area (Å²) in [5.41, 5.74) is 3.22. The predicted molar refractivity (Wildman–Crippen MR) is 99.5 cm³/mol. The van der Waals surface area contributed by atoms with E-state index in [1.54, 1.807) is 0 Å². The predicted octanol–water partition coefficient (Wildman–Crippen LogP) is 4.64. The third-order valence-electron chi connectivity index (χ3n) is 6.64. The monoisotopic (exact) mass is 339 g/mol. The highest BCUT2D eigenvalue weighted by Crippen LogP contribution is 2.49. The summed E-state index contributed by atoms with van der Waals surface area (Å²) in [5, 5.41) is 0. The maximum absolute atomic E-state index is 11.9. The lowest BCUT2D eigenvalue weighted by Gasteiger charge is -2.37. The summed E-state index contributed by atoms with van der Waals surface area (Å²) >= 11 is 0. The summed E-state index contributed by atoms with van der Waals surface area (Å²) in [5.74, 6) is 0.991. The van der Waals surface area contributed by atoms with Crippen LogP contribution >= 0.6 is 0 Å². The Kier molecular flexibility index (Phi) is 4.58. The number of ether oxygens (including phenoxy) is 1. The van der Waals surface area contributed by atoms with Crippen molar-refractivity contribution in [3.63, 3.8) is 0 Å². The molecule has 0 atom stereocenters. The SMILES string of the molecule is C=CC(=O)N1CCc2ccc(OC3CCC4(CCCC4)CC3)cc2C1. The minimum Gasteiger partial charge on any atom is -0.490 e. The second-order valence-corrected chi connectivity index (χ2v) is 8.17. The molecular formula is C22H29NO2. The van der Waals surface area contributed by atoms with Crippen LogP contribution in [0.15, 0.2) is 30.9 Å². The third kappa shape index (κ3) is 3.47. The Hall–Kier alpha value is -1.77. The molecule has 3 aliphatic rings. The van der Waals surface area contributed by atoms with Crippen LogP contribution in [-0.2, 0) is 17.8 Å². The molecule has 2 aliphatic carbocycles. The van der Waals surface area contributed by atoms with Gasteiger partial charge in [-0.2, -0.15) is 0 Å². The fourth-order valence-corrected chi connectivity index (χ4v) is 5.06. The molecule has 0 radical (unpaired) electrons. The first kappa shape index (κ1) is 16.7. The molecule has 1 aromatic carbocycles. The van der Waals surface area contributed by atoms with Crippen LogP contribution < -0.4 is 4.74 Å². The molecule has 1 heterocycles. The molecule has 134 valence electrons. The van der Waals surface area contributed by atoms with Gasteiger partial charge in [0.2, 0.25) is 5.91 Å². The van der Waals surface area contributed by atoms with Gasteiger partial charge in [0.25, 0.3) is 0 Å². The Morgan fingerprint density at radius 3 is 2.64 bits per heavy atom. The Labute approximate surface area is 151 Å². The molecular weight excluding hydrogens is 310 g/mol. The van der Waals surface area contributed by atoms with Crippen molar-refractivity contribution in [3.05, 3.63) is 42.0 Å². The van der Waals surface area contributed by atoms with Gasteiger partial charge in [0.15, 0.2) is 0 Å². The van der Waals surface area contributed by atoms with Crippen LogP contribution in [0.4, 0.5) is 0 Å². The van der Waals surface area contributed by atoms with Gasteiger partial charge in [0.05, 0.1) is 6.10 Å². The standard InChI is InChI=1S/C22H29NO2/c1-2-21(24)23-14-9-17-5-6-20(15-18(17)16-23)25-19-7-12-22(13-8-19)10-3-4-11-22/h2,5-6,15,19H,1,3-4,7-14,16H2. The highest BCUT2D eigenvalue weighted by atomic mass is 16.5. The van der Waals surface area contributed by atoms with Crippen LogP contribution in [0.2, 0.25) is 0 Å². The molecule has 4 rings (SSSR count). The number of nitrogens with zero attached hydrogens (tertiary/aromatic N) is 1. The maximum Gasteiger partial charge on any atom is 0.246 e. The molecule has 1 spiro atoms. The minimum atomic E-state index is 0.0195. The summed E-state index contributed by atoms with van der Waals surface area (Å²) in [6, 6.07) is 6.45. The van der Waals surface area contributed by atoms with Crippen molar-refractivity contribution in [1.82, 2.24) is 4.90 Å². The van der Waals surface area contributed by atoms with Crippen molar-refractivity contribution in [2.45, 2.75) is 70.4 Å². The number of hydrogen-bond acceptors (Lipinski definition) is 2. The second-order valence-electron chi connectivity index (χ2n) is 8.17. The van der Waals surface area contributed by atoms with Gasteiger partial charge in [-0.15, -0.1) is 0 Å². The average Bonchev–Trinajstić information content (AvgIpc) is 3.11. The third-order valence-corrected chi connectivity index (χ3v) is 6.64. The minimum absolute atomic E-state index is 0.0195. The number of rotatable bonds is 3. The number of amides is 1. The number of hydrogen-bond donors (Lipinski definition) is 0. The molecule has 25 heavy (non-hydrogen) atoms. The summed E-state index contributed by atoms with van der Waals surface area (Å²) in [4.78, 5) is 13.7. The molecule has 1 aromatic rings. The molecule has 1 amide bonds. The molecule has 0 aromatic heterocycles. The van der Waals surface area contributed by atoms with Crippen LogP contribution in [0.1, 0.15) is 62.5 Å². The van der Waals surface area contributed by atoms with Crippen molar-refractivity contribution < 1.29 is 9.53 Å². The summed E-state index contributed by atoms with van der Waals surface area (Å²) in [7, 11) is 0. The van der Waals surface area contributed by atoms with Crippen LogP contribution in [0.25, 0.3) is 0 Å². The summed E-state index contributed by atoms with van der Waals surface area (Å²) in [6.45, 7) is 5.05. The fraction of sp³-hybridized carbons (Fsp3) is 0.591. The fourth-order valence-electron chi connectivity index (χ4n) is 5.06. The van der Waals surface area contributed by atoms with Crippen molar-refractivity contribution in [2.75, 3.05) is 6.54 Å². The lowest BCUT2D eigenvalue weighted by molar-refractivity contribution is -0.126. The average molecular weight is 339 g/mol. The van der Waals surface area contributed by atoms with Gasteiger partial charge in [-0.1, -0.05) is 25.5 Å². The topological polar surface area (TPSA) is 29.5 Å².